The van der Waals surface area contributed by atoms with Crippen LogP contribution in [-0.4, -0.2) is 27.9 Å². The van der Waals surface area contributed by atoms with Gasteiger partial charge in [0.1, 0.15) is 0 Å². The number of hydrogen-bond donors (Lipinski definition) is 1. The zero-order valence-corrected chi connectivity index (χ0v) is 13.6. The second kappa shape index (κ2) is 5.61. The number of carboxylic acid groups (broad SMARTS) is 1. The van der Waals surface area contributed by atoms with Gasteiger partial charge in [-0.15, -0.1) is 0 Å². The topological polar surface area (TPSA) is 57.6 Å². The van der Waals surface area contributed by atoms with E-state index in [0.717, 1.165) is 22.9 Å². The Labute approximate surface area is 136 Å². The number of benzene rings is 1. The van der Waals surface area contributed by atoms with E-state index in [4.69, 9.17) is 11.6 Å². The predicted molar refractivity (Wildman–Crippen MR) is 82.1 cm³/mol. The molecule has 6 heteroatoms. The molecule has 1 N–H and O–H groups in total. The highest BCUT2D eigenvalue weighted by molar-refractivity contribution is 9.10. The van der Waals surface area contributed by atoms with Gasteiger partial charge in [-0.25, -0.2) is 0 Å². The van der Waals surface area contributed by atoms with E-state index in [-0.39, 0.29) is 11.9 Å². The number of aliphatic carboxylic acids is 1. The highest BCUT2D eigenvalue weighted by atomic mass is 79.9. The Hall–Kier alpha value is -1.07. The second-order valence-electron chi connectivity index (χ2n) is 5.63. The summed E-state index contributed by atoms with van der Waals surface area (Å²) in [6, 6.07) is 5.08. The zero-order chi connectivity index (χ0) is 15.1. The quantitative estimate of drug-likeness (QED) is 0.881. The molecule has 2 fully saturated rings. The van der Waals surface area contributed by atoms with E-state index < -0.39 is 17.9 Å². The lowest BCUT2D eigenvalue weighted by Crippen LogP contribution is -2.46. The number of halogens is 2. The van der Waals surface area contributed by atoms with Crippen LogP contribution in [0.15, 0.2) is 22.7 Å². The fourth-order valence-corrected chi connectivity index (χ4v) is 3.98. The molecule has 4 nitrogen and oxygen atoms in total. The summed E-state index contributed by atoms with van der Waals surface area (Å²) in [5.41, 5.74) is 0.826. The normalized spacial score (nSPS) is 26.0. The summed E-state index contributed by atoms with van der Waals surface area (Å²) >= 11 is 9.43. The minimum Gasteiger partial charge on any atom is -0.481 e. The summed E-state index contributed by atoms with van der Waals surface area (Å²) in [7, 11) is 0. The molecule has 0 radical (unpaired) electrons. The minimum absolute atomic E-state index is 0.0573. The Morgan fingerprint density at radius 2 is 2.05 bits per heavy atom. The van der Waals surface area contributed by atoms with Crippen LogP contribution in [0.5, 0.6) is 0 Å². The van der Waals surface area contributed by atoms with Crippen molar-refractivity contribution in [2.24, 2.45) is 5.92 Å². The van der Waals surface area contributed by atoms with Crippen LogP contribution >= 0.6 is 27.5 Å². The van der Waals surface area contributed by atoms with Gasteiger partial charge in [0.15, 0.2) is 0 Å². The van der Waals surface area contributed by atoms with Gasteiger partial charge in [0.05, 0.1) is 12.0 Å². The molecule has 0 aromatic heterocycles. The van der Waals surface area contributed by atoms with Crippen molar-refractivity contribution in [2.75, 3.05) is 0 Å². The van der Waals surface area contributed by atoms with Crippen molar-refractivity contribution < 1.29 is 14.7 Å². The van der Waals surface area contributed by atoms with Crippen molar-refractivity contribution in [3.05, 3.63) is 33.3 Å². The summed E-state index contributed by atoms with van der Waals surface area (Å²) in [5, 5.41) is 10.1. The van der Waals surface area contributed by atoms with Gasteiger partial charge >= 0.3 is 5.97 Å². The second-order valence-corrected chi connectivity index (χ2v) is 6.92. The van der Waals surface area contributed by atoms with Crippen LogP contribution in [0.2, 0.25) is 5.02 Å². The number of carbonyl (C=O) groups is 2. The first kappa shape index (κ1) is 14.9. The van der Waals surface area contributed by atoms with Crippen molar-refractivity contribution in [2.45, 2.75) is 37.8 Å². The fraction of sp³-hybridized carbons (Fsp3) is 0.467. The number of hydrogen-bond acceptors (Lipinski definition) is 2. The number of piperidine rings is 1. The van der Waals surface area contributed by atoms with Crippen LogP contribution in [0.1, 0.15) is 37.3 Å². The maximum Gasteiger partial charge on any atom is 0.308 e. The van der Waals surface area contributed by atoms with E-state index in [1.165, 1.54) is 0 Å². The average Bonchev–Trinajstić information content (AvgIpc) is 3.22. The van der Waals surface area contributed by atoms with Crippen molar-refractivity contribution in [1.29, 1.82) is 0 Å². The fourth-order valence-electron chi connectivity index (χ4n) is 3.06. The summed E-state index contributed by atoms with van der Waals surface area (Å²) in [6.45, 7) is 0. The number of carbonyl (C=O) groups excluding carboxylic acids is 1. The van der Waals surface area contributed by atoms with E-state index >= 15 is 0 Å². The maximum absolute atomic E-state index is 12.3. The Kier molecular flexibility index (Phi) is 3.97. The highest BCUT2D eigenvalue weighted by Crippen LogP contribution is 2.45. The highest BCUT2D eigenvalue weighted by Gasteiger charge is 2.47. The molecule has 1 amide bonds. The van der Waals surface area contributed by atoms with Gasteiger partial charge in [-0.3, -0.25) is 9.59 Å². The van der Waals surface area contributed by atoms with E-state index in [1.54, 1.807) is 17.0 Å². The van der Waals surface area contributed by atoms with Gasteiger partial charge in [0.2, 0.25) is 5.91 Å². The smallest absolute Gasteiger partial charge is 0.308 e. The molecule has 2 aliphatic rings. The molecule has 1 heterocycles. The lowest BCUT2D eigenvalue weighted by atomic mass is 9.84. The first-order valence-corrected chi connectivity index (χ1v) is 8.15. The Morgan fingerprint density at radius 3 is 2.62 bits per heavy atom. The van der Waals surface area contributed by atoms with E-state index in [2.05, 4.69) is 15.9 Å². The van der Waals surface area contributed by atoms with Crippen molar-refractivity contribution in [3.8, 4) is 0 Å². The molecule has 1 aromatic carbocycles. The molecule has 1 aliphatic heterocycles. The molecule has 0 bridgehead atoms. The Balaban J connectivity index is 2.06. The van der Waals surface area contributed by atoms with Gasteiger partial charge in [0.25, 0.3) is 0 Å². The SMILES string of the molecule is O=C(O)C1CCC(=O)N(C2CC2)C1c1ccc(Cl)cc1Br. The molecule has 2 unspecified atom stereocenters. The van der Waals surface area contributed by atoms with Crippen LogP contribution in [-0.2, 0) is 9.59 Å². The van der Waals surface area contributed by atoms with Gasteiger partial charge in [-0.2, -0.15) is 0 Å². The van der Waals surface area contributed by atoms with Crippen LogP contribution < -0.4 is 0 Å². The first-order chi connectivity index (χ1) is 9.99. The van der Waals surface area contributed by atoms with Crippen molar-refractivity contribution >= 4 is 39.4 Å². The third-order valence-electron chi connectivity index (χ3n) is 4.18. The van der Waals surface area contributed by atoms with Crippen LogP contribution in [0, 0.1) is 5.92 Å². The average molecular weight is 373 g/mol. The molecule has 2 atom stereocenters. The zero-order valence-electron chi connectivity index (χ0n) is 11.3. The number of amides is 1. The van der Waals surface area contributed by atoms with Crippen molar-refractivity contribution in [1.82, 2.24) is 4.90 Å². The number of likely N-dealkylation sites (tertiary alicyclic amines) is 1. The maximum atomic E-state index is 12.3. The number of rotatable bonds is 3. The summed E-state index contributed by atoms with van der Waals surface area (Å²) in [4.78, 5) is 25.7. The third-order valence-corrected chi connectivity index (χ3v) is 5.10. The lowest BCUT2D eigenvalue weighted by Gasteiger charge is -2.40. The number of carboxylic acids is 1. The van der Waals surface area contributed by atoms with Crippen molar-refractivity contribution in [3.63, 3.8) is 0 Å². The summed E-state index contributed by atoms with van der Waals surface area (Å²) in [6.07, 6.45) is 2.62. The standard InChI is InChI=1S/C15H15BrClNO3/c16-12-7-8(17)1-4-10(12)14-11(15(20)21)5-6-13(19)18(14)9-2-3-9/h1,4,7,9,11,14H,2-3,5-6H2,(H,20,21). The van der Waals surface area contributed by atoms with E-state index in [1.807, 2.05) is 6.07 Å². The Morgan fingerprint density at radius 1 is 1.33 bits per heavy atom. The lowest BCUT2D eigenvalue weighted by molar-refractivity contribution is -0.152. The molecular formula is C15H15BrClNO3. The molecule has 0 spiro atoms. The number of nitrogens with zero attached hydrogens (tertiary/aromatic N) is 1. The minimum atomic E-state index is -0.847. The molecular weight excluding hydrogens is 358 g/mol. The van der Waals surface area contributed by atoms with E-state index in [0.29, 0.717) is 17.9 Å². The predicted octanol–water partition coefficient (Wildman–Crippen LogP) is 3.63. The molecule has 112 valence electrons. The van der Waals surface area contributed by atoms with Gasteiger partial charge in [0, 0.05) is 22.0 Å². The van der Waals surface area contributed by atoms with Crippen LogP contribution in [0.4, 0.5) is 0 Å². The molecule has 1 aromatic rings. The summed E-state index contributed by atoms with van der Waals surface area (Å²) in [5.74, 6) is -1.36. The van der Waals surface area contributed by atoms with Crippen LogP contribution in [0.3, 0.4) is 0 Å². The van der Waals surface area contributed by atoms with Gasteiger partial charge in [-0.1, -0.05) is 33.6 Å². The van der Waals surface area contributed by atoms with Crippen LogP contribution in [0.25, 0.3) is 0 Å². The van der Waals surface area contributed by atoms with Gasteiger partial charge < -0.3 is 10.0 Å². The molecule has 1 saturated heterocycles. The molecule has 1 aliphatic carbocycles. The molecule has 1 saturated carbocycles. The summed E-state index contributed by atoms with van der Waals surface area (Å²) < 4.78 is 0.756. The largest absolute Gasteiger partial charge is 0.481 e. The molecule has 3 rings (SSSR count). The monoisotopic (exact) mass is 371 g/mol. The Bertz CT molecular complexity index is 603. The third kappa shape index (κ3) is 2.81. The van der Waals surface area contributed by atoms with Gasteiger partial charge in [-0.05, 0) is 37.0 Å². The van der Waals surface area contributed by atoms with E-state index in [9.17, 15) is 14.7 Å². The first-order valence-electron chi connectivity index (χ1n) is 6.98. The molecule has 21 heavy (non-hydrogen) atoms.